The van der Waals surface area contributed by atoms with Crippen molar-refractivity contribution >= 4 is 5.91 Å². The Hall–Kier alpha value is -3.53. The Bertz CT molecular complexity index is 1020. The maximum Gasteiger partial charge on any atom is 0.333 e. The molecule has 0 saturated heterocycles. The van der Waals surface area contributed by atoms with E-state index in [4.69, 9.17) is 0 Å². The van der Waals surface area contributed by atoms with Crippen LogP contribution in [0.25, 0.3) is 0 Å². The lowest BCUT2D eigenvalue weighted by Gasteiger charge is -2.17. The summed E-state index contributed by atoms with van der Waals surface area (Å²) in [6.07, 6.45) is 8.23. The van der Waals surface area contributed by atoms with E-state index in [-0.39, 0.29) is 5.91 Å². The zero-order valence-electron chi connectivity index (χ0n) is 15.8. The molecule has 3 aromatic rings. The average molecular weight is 393 g/mol. The number of pyridine rings is 1. The van der Waals surface area contributed by atoms with Gasteiger partial charge >= 0.3 is 6.55 Å². The molecule has 0 aliphatic heterocycles. The average Bonchev–Trinajstić information content (AvgIpc) is 3.22. The van der Waals surface area contributed by atoms with Gasteiger partial charge in [-0.1, -0.05) is 42.2 Å². The molecule has 2 heterocycles. The summed E-state index contributed by atoms with van der Waals surface area (Å²) in [5.74, 6) is 5.40. The highest BCUT2D eigenvalue weighted by Crippen LogP contribution is 2.10. The fraction of sp³-hybridized carbons (Fsp3) is 0.182. The first-order valence-corrected chi connectivity index (χ1v) is 8.93. The highest BCUT2D eigenvalue weighted by Gasteiger charge is 2.12. The van der Waals surface area contributed by atoms with Crippen LogP contribution in [0.2, 0.25) is 0 Å². The Balaban J connectivity index is 1.60. The summed E-state index contributed by atoms with van der Waals surface area (Å²) < 4.78 is 25.6. The van der Waals surface area contributed by atoms with Gasteiger partial charge in [-0.15, -0.1) is 0 Å². The number of aromatic nitrogens is 3. The summed E-state index contributed by atoms with van der Waals surface area (Å²) in [5.41, 5.74) is 2.47. The van der Waals surface area contributed by atoms with Crippen LogP contribution in [-0.2, 0) is 6.42 Å². The van der Waals surface area contributed by atoms with Crippen molar-refractivity contribution in [1.29, 1.82) is 0 Å². The molecule has 3 rings (SSSR count). The molecule has 7 heteroatoms. The van der Waals surface area contributed by atoms with Crippen LogP contribution in [0.1, 0.15) is 33.6 Å². The molecule has 0 N–H and O–H groups in total. The van der Waals surface area contributed by atoms with Crippen LogP contribution >= 0.6 is 0 Å². The monoisotopic (exact) mass is 393 g/mol. The van der Waals surface area contributed by atoms with Crippen molar-refractivity contribution in [3.63, 3.8) is 0 Å². The van der Waals surface area contributed by atoms with Gasteiger partial charge in [0.05, 0.1) is 17.3 Å². The summed E-state index contributed by atoms with van der Waals surface area (Å²) in [7, 11) is 1.72. The van der Waals surface area contributed by atoms with Gasteiger partial charge < -0.3 is 4.90 Å². The fourth-order valence-corrected chi connectivity index (χ4v) is 2.62. The third kappa shape index (κ3) is 5.72. The van der Waals surface area contributed by atoms with Gasteiger partial charge in [-0.05, 0) is 24.5 Å². The molecule has 0 spiro atoms. The maximum absolute atomic E-state index is 12.6. The molecule has 0 aliphatic rings. The van der Waals surface area contributed by atoms with Crippen molar-refractivity contribution in [3.05, 3.63) is 89.9 Å². The van der Waals surface area contributed by atoms with Crippen LogP contribution in [0.4, 0.5) is 8.78 Å². The number of halogens is 2. The van der Waals surface area contributed by atoms with Crippen LogP contribution < -0.4 is 0 Å². The minimum atomic E-state index is -2.71. The lowest BCUT2D eigenvalue weighted by atomic mass is 10.1. The van der Waals surface area contributed by atoms with E-state index in [0.717, 1.165) is 12.6 Å². The summed E-state index contributed by atoms with van der Waals surface area (Å²) in [6, 6.07) is 11.6. The number of alkyl halides is 2. The minimum Gasteiger partial charge on any atom is -0.341 e. The summed E-state index contributed by atoms with van der Waals surface area (Å²) >= 11 is 0. The van der Waals surface area contributed by atoms with E-state index in [0.29, 0.717) is 27.9 Å². The molecule has 0 saturated carbocycles. The highest BCUT2D eigenvalue weighted by molar-refractivity contribution is 5.94. The first-order chi connectivity index (χ1) is 14.0. The zero-order valence-corrected chi connectivity index (χ0v) is 15.8. The lowest BCUT2D eigenvalue weighted by Crippen LogP contribution is -2.28. The Morgan fingerprint density at radius 1 is 1.17 bits per heavy atom. The molecule has 1 radical (unpaired) electrons. The molecule has 29 heavy (non-hydrogen) atoms. The maximum atomic E-state index is 12.6. The van der Waals surface area contributed by atoms with Gasteiger partial charge in [0.25, 0.3) is 5.91 Å². The second-order valence-corrected chi connectivity index (χ2v) is 6.36. The number of nitrogens with zero attached hydrogens (tertiary/aromatic N) is 4. The molecule has 2 aromatic heterocycles. The largest absolute Gasteiger partial charge is 0.341 e. The molecule has 1 amide bonds. The third-order valence-electron chi connectivity index (χ3n) is 4.11. The third-order valence-corrected chi connectivity index (χ3v) is 4.11. The molecule has 0 aliphatic carbocycles. The van der Waals surface area contributed by atoms with E-state index in [1.165, 1.54) is 24.2 Å². The number of carbonyl (C=O) groups excluding carboxylic acids is 1. The number of benzene rings is 1. The molecule has 5 nitrogen and oxygen atoms in total. The van der Waals surface area contributed by atoms with Gasteiger partial charge in [0.2, 0.25) is 0 Å². The molecular weight excluding hydrogens is 374 g/mol. The number of amides is 1. The summed E-state index contributed by atoms with van der Waals surface area (Å²) in [4.78, 5) is 18.3. The van der Waals surface area contributed by atoms with E-state index < -0.39 is 6.55 Å². The second kappa shape index (κ2) is 9.60. The van der Waals surface area contributed by atoms with Gasteiger partial charge in [-0.2, -0.15) is 13.9 Å². The molecule has 0 unspecified atom stereocenters. The van der Waals surface area contributed by atoms with Gasteiger partial charge in [0, 0.05) is 37.7 Å². The summed E-state index contributed by atoms with van der Waals surface area (Å²) in [5, 5.41) is 3.53. The van der Waals surface area contributed by atoms with Crippen LogP contribution in [0.3, 0.4) is 0 Å². The van der Waals surface area contributed by atoms with E-state index in [2.05, 4.69) is 21.9 Å². The molecule has 147 valence electrons. The van der Waals surface area contributed by atoms with Gasteiger partial charge in [0.1, 0.15) is 0 Å². The van der Waals surface area contributed by atoms with Crippen molar-refractivity contribution in [2.45, 2.75) is 13.0 Å². The van der Waals surface area contributed by atoms with Crippen molar-refractivity contribution < 1.29 is 13.6 Å². The van der Waals surface area contributed by atoms with Crippen LogP contribution in [0, 0.1) is 18.3 Å². The molecule has 1 aromatic carbocycles. The Labute approximate surface area is 168 Å². The Morgan fingerprint density at radius 2 is 1.93 bits per heavy atom. The molecular formula is C22H19F2N4O. The minimum absolute atomic E-state index is 0.170. The van der Waals surface area contributed by atoms with Gasteiger partial charge in [-0.25, -0.2) is 4.68 Å². The number of hydrogen-bond donors (Lipinski definition) is 0. The summed E-state index contributed by atoms with van der Waals surface area (Å²) in [6.45, 7) is -2.21. The van der Waals surface area contributed by atoms with E-state index in [9.17, 15) is 13.6 Å². The van der Waals surface area contributed by atoms with Crippen molar-refractivity contribution in [1.82, 2.24) is 19.7 Å². The quantitative estimate of drug-likeness (QED) is 0.602. The normalized spacial score (nSPS) is 10.5. The van der Waals surface area contributed by atoms with Crippen molar-refractivity contribution in [3.8, 4) is 11.8 Å². The van der Waals surface area contributed by atoms with Gasteiger partial charge in [-0.3, -0.25) is 9.78 Å². The van der Waals surface area contributed by atoms with Crippen molar-refractivity contribution in [2.24, 2.45) is 0 Å². The number of hydrogen-bond acceptors (Lipinski definition) is 3. The van der Waals surface area contributed by atoms with E-state index in [1.807, 2.05) is 36.8 Å². The topological polar surface area (TPSA) is 51.0 Å². The second-order valence-electron chi connectivity index (χ2n) is 6.36. The highest BCUT2D eigenvalue weighted by atomic mass is 19.3. The standard InChI is InChI=1S/C22H19F2N4O/c1-27(11-5-8-17-6-3-2-4-7-17)21(29)20-12-18(13-25-15-20)9-10-19-14-26-28(16-19)22(23)24/h2-7,12-16,22H,8,11H2,1H3. The number of carbonyl (C=O) groups is 1. The van der Waals surface area contributed by atoms with E-state index in [1.54, 1.807) is 18.0 Å². The van der Waals surface area contributed by atoms with Crippen LogP contribution in [-0.4, -0.2) is 39.2 Å². The lowest BCUT2D eigenvalue weighted by molar-refractivity contribution is 0.0566. The van der Waals surface area contributed by atoms with Crippen molar-refractivity contribution in [2.75, 3.05) is 13.6 Å². The van der Waals surface area contributed by atoms with Gasteiger partial charge in [0.15, 0.2) is 0 Å². The predicted molar refractivity (Wildman–Crippen MR) is 105 cm³/mol. The van der Waals surface area contributed by atoms with E-state index >= 15 is 0 Å². The first kappa shape index (κ1) is 20.2. The first-order valence-electron chi connectivity index (χ1n) is 8.93. The zero-order chi connectivity index (χ0) is 20.6. The Morgan fingerprint density at radius 3 is 2.66 bits per heavy atom. The molecule has 0 bridgehead atoms. The predicted octanol–water partition coefficient (Wildman–Crippen LogP) is 3.59. The SMILES string of the molecule is CN(C[CH]Cc1ccccc1)C(=O)c1cncc(C#Cc2cnn(C(F)F)c2)c1. The van der Waals surface area contributed by atoms with Crippen LogP contribution in [0.5, 0.6) is 0 Å². The molecule has 0 atom stereocenters. The molecule has 0 fully saturated rings. The number of rotatable bonds is 6. The fourth-order valence-electron chi connectivity index (χ4n) is 2.62. The van der Waals surface area contributed by atoms with Crippen LogP contribution in [0.15, 0.2) is 61.2 Å². The Kier molecular flexibility index (Phi) is 6.69. The smallest absolute Gasteiger partial charge is 0.333 e.